The molecule has 9 nitrogen and oxygen atoms in total. The van der Waals surface area contributed by atoms with Gasteiger partial charge in [-0.05, 0) is 53.4 Å². The Balaban J connectivity index is 1.69. The van der Waals surface area contributed by atoms with E-state index in [1.165, 1.54) is 19.2 Å². The van der Waals surface area contributed by atoms with Crippen LogP contribution in [0.3, 0.4) is 0 Å². The molecule has 0 aliphatic carbocycles. The van der Waals surface area contributed by atoms with Gasteiger partial charge < -0.3 is 23.5 Å². The second kappa shape index (κ2) is 13.7. The van der Waals surface area contributed by atoms with Crippen LogP contribution in [0.15, 0.2) is 72.8 Å². The summed E-state index contributed by atoms with van der Waals surface area (Å²) in [7, 11) is 0.915. The lowest BCUT2D eigenvalue weighted by Crippen LogP contribution is -2.49. The van der Waals surface area contributed by atoms with E-state index < -0.39 is 25.2 Å². The summed E-state index contributed by atoms with van der Waals surface area (Å²) < 4.78 is 23.3. The van der Waals surface area contributed by atoms with E-state index in [9.17, 15) is 14.9 Å². The van der Waals surface area contributed by atoms with E-state index in [4.69, 9.17) is 18.6 Å². The Bertz CT molecular complexity index is 1500. The molecule has 4 rings (SSSR count). The third-order valence-electron chi connectivity index (χ3n) is 8.50. The molecule has 0 aromatic heterocycles. The smallest absolute Gasteiger partial charge is 0.286 e. The molecule has 0 bridgehead atoms. The number of carbonyl (C=O) groups is 1. The van der Waals surface area contributed by atoms with E-state index in [1.54, 1.807) is 12.0 Å². The summed E-state index contributed by atoms with van der Waals surface area (Å²) >= 11 is 0. The molecule has 10 heteroatoms. The number of methoxy groups -OCH3 is 2. The zero-order valence-electron chi connectivity index (χ0n) is 26.6. The van der Waals surface area contributed by atoms with Gasteiger partial charge in [0.25, 0.3) is 11.6 Å². The third-order valence-corrected chi connectivity index (χ3v) is 13.0. The van der Waals surface area contributed by atoms with Gasteiger partial charge in [0.05, 0.1) is 37.9 Å². The van der Waals surface area contributed by atoms with Gasteiger partial charge in [-0.25, -0.2) is 0 Å². The Morgan fingerprint density at radius 3 is 2.27 bits per heavy atom. The summed E-state index contributed by atoms with van der Waals surface area (Å²) in [5.74, 6) is 0.740. The van der Waals surface area contributed by atoms with Crippen LogP contribution in [0.4, 0.5) is 5.69 Å². The minimum Gasteiger partial charge on any atom is -0.497 e. The van der Waals surface area contributed by atoms with Crippen molar-refractivity contribution in [1.82, 2.24) is 4.90 Å². The van der Waals surface area contributed by atoms with Crippen molar-refractivity contribution in [3.63, 3.8) is 0 Å². The lowest BCUT2D eigenvalue weighted by atomic mass is 9.95. The van der Waals surface area contributed by atoms with Gasteiger partial charge in [0.2, 0.25) is 0 Å². The zero-order valence-corrected chi connectivity index (χ0v) is 27.6. The summed E-state index contributed by atoms with van der Waals surface area (Å²) in [6, 6.07) is 19.5. The van der Waals surface area contributed by atoms with E-state index in [0.717, 1.165) is 22.4 Å². The molecule has 0 N–H and O–H groups in total. The van der Waals surface area contributed by atoms with Crippen LogP contribution in [0.25, 0.3) is 5.57 Å². The third kappa shape index (κ3) is 7.49. The van der Waals surface area contributed by atoms with E-state index in [2.05, 4.69) is 39.9 Å². The molecule has 3 aromatic rings. The Labute approximate surface area is 260 Å². The van der Waals surface area contributed by atoms with Gasteiger partial charge in [0.1, 0.15) is 17.9 Å². The number of ether oxygens (including phenoxy) is 3. The van der Waals surface area contributed by atoms with E-state index in [0.29, 0.717) is 13.0 Å². The standard InChI is InChI=1S/C34H42N2O7Si/c1-34(2,3)44(6,7)43-23-27-19-26(25-13-15-28(40-4)16-14-25)17-18-35(27)33(37)29-20-31(41-5)32(21-30(29)36(38)39)42-22-24-11-9-8-10-12-24/h8-16,19-21,27H,17-18,22-23H2,1-7H3. The number of hydrogen-bond acceptors (Lipinski definition) is 7. The summed E-state index contributed by atoms with van der Waals surface area (Å²) in [4.78, 5) is 27.6. The van der Waals surface area contributed by atoms with Crippen LogP contribution in [-0.2, 0) is 11.0 Å². The fourth-order valence-electron chi connectivity index (χ4n) is 4.79. The van der Waals surface area contributed by atoms with Crippen LogP contribution in [0.2, 0.25) is 18.1 Å². The summed E-state index contributed by atoms with van der Waals surface area (Å²) in [6.07, 6.45) is 2.63. The van der Waals surface area contributed by atoms with Gasteiger partial charge in [-0.15, -0.1) is 0 Å². The first-order valence-electron chi connectivity index (χ1n) is 14.7. The van der Waals surface area contributed by atoms with Gasteiger partial charge in [-0.1, -0.05) is 69.3 Å². The second-order valence-electron chi connectivity index (χ2n) is 12.4. The van der Waals surface area contributed by atoms with E-state index in [1.807, 2.05) is 54.6 Å². The number of nitro benzene ring substituents is 1. The summed E-state index contributed by atoms with van der Waals surface area (Å²) in [5, 5.41) is 12.2. The number of hydrogen-bond donors (Lipinski definition) is 0. The maximum Gasteiger partial charge on any atom is 0.286 e. The van der Waals surface area contributed by atoms with Crippen LogP contribution in [0.1, 0.15) is 48.7 Å². The normalized spacial score (nSPS) is 15.4. The van der Waals surface area contributed by atoms with E-state index in [-0.39, 0.29) is 41.0 Å². The molecular weight excluding hydrogens is 576 g/mol. The van der Waals surface area contributed by atoms with Gasteiger partial charge in [-0.2, -0.15) is 0 Å². The quantitative estimate of drug-likeness (QED) is 0.125. The minimum atomic E-state index is -2.16. The molecule has 234 valence electrons. The van der Waals surface area contributed by atoms with Gasteiger partial charge in [-0.3, -0.25) is 14.9 Å². The Kier molecular flexibility index (Phi) is 10.2. The summed E-state index contributed by atoms with van der Waals surface area (Å²) in [5.41, 5.74) is 2.61. The SMILES string of the molecule is COc1ccc(C2=CC(CO[Si](C)(C)C(C)(C)C)N(C(=O)c3cc(OC)c(OCc4ccccc4)cc3[N+](=O)[O-])CC2)cc1. The number of carbonyl (C=O) groups excluding carboxylic acids is 1. The van der Waals surface area contributed by atoms with Gasteiger partial charge >= 0.3 is 0 Å². The van der Waals surface area contributed by atoms with Crippen molar-refractivity contribution in [3.8, 4) is 17.2 Å². The maximum absolute atomic E-state index is 14.2. The van der Waals surface area contributed by atoms with E-state index >= 15 is 0 Å². The molecule has 44 heavy (non-hydrogen) atoms. The highest BCUT2D eigenvalue weighted by Gasteiger charge is 2.39. The molecule has 3 aromatic carbocycles. The molecular formula is C34H42N2O7Si. The van der Waals surface area contributed by atoms with Crippen LogP contribution in [0, 0.1) is 10.1 Å². The van der Waals surface area contributed by atoms with Crippen molar-refractivity contribution < 1.29 is 28.4 Å². The highest BCUT2D eigenvalue weighted by Crippen LogP contribution is 2.39. The Morgan fingerprint density at radius 1 is 1.00 bits per heavy atom. The lowest BCUT2D eigenvalue weighted by molar-refractivity contribution is -0.385. The van der Waals surface area contributed by atoms with Crippen molar-refractivity contribution >= 4 is 25.5 Å². The minimum absolute atomic E-state index is 0.0270. The summed E-state index contributed by atoms with van der Waals surface area (Å²) in [6.45, 7) is 11.7. The molecule has 1 atom stereocenters. The number of nitro groups is 1. The monoisotopic (exact) mass is 618 g/mol. The van der Waals surface area contributed by atoms with Gasteiger partial charge in [0.15, 0.2) is 19.8 Å². The predicted octanol–water partition coefficient (Wildman–Crippen LogP) is 7.51. The molecule has 1 heterocycles. The first-order chi connectivity index (χ1) is 20.8. The van der Waals surface area contributed by atoms with Crippen molar-refractivity contribution in [2.24, 2.45) is 0 Å². The molecule has 0 saturated carbocycles. The second-order valence-corrected chi connectivity index (χ2v) is 17.2. The Morgan fingerprint density at radius 2 is 1.68 bits per heavy atom. The first-order valence-corrected chi connectivity index (χ1v) is 17.6. The molecule has 0 fully saturated rings. The number of rotatable bonds is 11. The predicted molar refractivity (Wildman–Crippen MR) is 174 cm³/mol. The average molecular weight is 619 g/mol. The molecule has 1 aliphatic rings. The van der Waals surface area contributed by atoms with Crippen LogP contribution < -0.4 is 14.2 Å². The first kappa shape index (κ1) is 32.8. The zero-order chi connectivity index (χ0) is 32.1. The van der Waals surface area contributed by atoms with Crippen molar-refractivity contribution in [3.05, 3.63) is 99.6 Å². The molecule has 0 radical (unpaired) electrons. The topological polar surface area (TPSA) is 100 Å². The number of amides is 1. The van der Waals surface area contributed by atoms with Crippen LogP contribution in [-0.4, -0.2) is 57.5 Å². The highest BCUT2D eigenvalue weighted by molar-refractivity contribution is 6.74. The lowest BCUT2D eigenvalue weighted by Gasteiger charge is -2.40. The number of benzene rings is 3. The molecule has 0 spiro atoms. The fraction of sp³-hybridized carbons (Fsp3) is 0.382. The van der Waals surface area contributed by atoms with Crippen molar-refractivity contribution in [2.45, 2.75) is 58.0 Å². The maximum atomic E-state index is 14.2. The molecule has 1 unspecified atom stereocenters. The molecule has 0 saturated heterocycles. The molecule has 1 aliphatic heterocycles. The largest absolute Gasteiger partial charge is 0.497 e. The fourth-order valence-corrected chi connectivity index (χ4v) is 5.81. The van der Waals surface area contributed by atoms with Crippen molar-refractivity contribution in [1.29, 1.82) is 0 Å². The van der Waals surface area contributed by atoms with Crippen LogP contribution in [0.5, 0.6) is 17.2 Å². The van der Waals surface area contributed by atoms with Gasteiger partial charge in [0, 0.05) is 12.6 Å². The number of nitrogens with zero attached hydrogens (tertiary/aromatic N) is 2. The average Bonchev–Trinajstić information content (AvgIpc) is 3.01. The highest BCUT2D eigenvalue weighted by atomic mass is 28.4. The Hall–Kier alpha value is -4.15. The van der Waals surface area contributed by atoms with Crippen molar-refractivity contribution in [2.75, 3.05) is 27.4 Å². The molecule has 1 amide bonds. The van der Waals surface area contributed by atoms with Crippen LogP contribution >= 0.6 is 0 Å².